The van der Waals surface area contributed by atoms with Gasteiger partial charge in [0.05, 0.1) is 0 Å². The summed E-state index contributed by atoms with van der Waals surface area (Å²) in [4.78, 5) is 43.7. The minimum Gasteiger partial charge on any atom is -0.481 e. The van der Waals surface area contributed by atoms with E-state index in [0.717, 1.165) is 25.1 Å². The second kappa shape index (κ2) is 12.9. The van der Waals surface area contributed by atoms with Crippen molar-refractivity contribution in [3.63, 3.8) is 0 Å². The van der Waals surface area contributed by atoms with Crippen LogP contribution in [0.15, 0.2) is 36.5 Å². The van der Waals surface area contributed by atoms with Crippen molar-refractivity contribution in [1.29, 1.82) is 0 Å². The molecule has 1 aromatic carbocycles. The van der Waals surface area contributed by atoms with E-state index >= 15 is 0 Å². The van der Waals surface area contributed by atoms with E-state index in [2.05, 4.69) is 27.1 Å². The molecule has 35 heavy (non-hydrogen) atoms. The summed E-state index contributed by atoms with van der Waals surface area (Å²) in [7, 11) is 0. The van der Waals surface area contributed by atoms with Crippen molar-refractivity contribution >= 4 is 23.8 Å². The number of benzene rings is 1. The molecule has 0 unspecified atom stereocenters. The quantitative estimate of drug-likeness (QED) is 0.486. The van der Waals surface area contributed by atoms with Crippen molar-refractivity contribution in [2.75, 3.05) is 18.4 Å². The highest BCUT2D eigenvalue weighted by Gasteiger charge is 2.35. The van der Waals surface area contributed by atoms with E-state index < -0.39 is 11.9 Å². The summed E-state index contributed by atoms with van der Waals surface area (Å²) in [5, 5.41) is 19.1. The summed E-state index contributed by atoms with van der Waals surface area (Å²) in [6, 6.07) is 9.81. The molecule has 9 nitrogen and oxygen atoms in total. The van der Waals surface area contributed by atoms with Crippen LogP contribution < -0.4 is 5.32 Å². The minimum atomic E-state index is -0.870. The number of carbonyl (C=O) groups excluding carboxylic acids is 1. The fraction of sp³-hybridized carbons (Fsp3) is 0.500. The van der Waals surface area contributed by atoms with E-state index in [1.807, 2.05) is 24.4 Å². The van der Waals surface area contributed by atoms with Crippen molar-refractivity contribution in [2.24, 2.45) is 5.92 Å². The Bertz CT molecular complexity index is 998. The van der Waals surface area contributed by atoms with Gasteiger partial charge in [-0.2, -0.15) is 0 Å². The molecule has 1 saturated heterocycles. The summed E-state index contributed by atoms with van der Waals surface area (Å²) in [5.74, 6) is -0.817. The van der Waals surface area contributed by atoms with Gasteiger partial charge in [-0.25, -0.2) is 9.97 Å². The fourth-order valence-electron chi connectivity index (χ4n) is 4.78. The lowest BCUT2D eigenvalue weighted by Gasteiger charge is -2.43. The van der Waals surface area contributed by atoms with Gasteiger partial charge in [0.25, 0.3) is 5.91 Å². The van der Waals surface area contributed by atoms with Gasteiger partial charge in [0.2, 0.25) is 5.95 Å². The Hall–Kier alpha value is -3.33. The number of aromatic nitrogens is 2. The highest BCUT2D eigenvalue weighted by Crippen LogP contribution is 2.34. The zero-order valence-electron chi connectivity index (χ0n) is 20.2. The molecule has 0 saturated carbocycles. The Balaban J connectivity index is 0.000000292. The average molecular weight is 483 g/mol. The zero-order chi connectivity index (χ0) is 25.2. The normalized spacial score (nSPS) is 18.9. The number of aliphatic carboxylic acids is 2. The summed E-state index contributed by atoms with van der Waals surface area (Å²) in [5.41, 5.74) is 2.96. The molecule has 0 bridgehead atoms. The van der Waals surface area contributed by atoms with Crippen molar-refractivity contribution in [3.05, 3.63) is 53.3 Å². The first-order chi connectivity index (χ1) is 16.9. The van der Waals surface area contributed by atoms with E-state index in [1.165, 1.54) is 24.9 Å². The molecular weight excluding hydrogens is 448 g/mol. The maximum absolute atomic E-state index is 12.3. The van der Waals surface area contributed by atoms with E-state index in [0.29, 0.717) is 36.3 Å². The predicted molar refractivity (Wildman–Crippen MR) is 131 cm³/mol. The number of piperidine rings is 1. The van der Waals surface area contributed by atoms with Crippen LogP contribution in [0.4, 0.5) is 5.95 Å². The molecule has 2 atom stereocenters. The van der Waals surface area contributed by atoms with Gasteiger partial charge >= 0.3 is 11.9 Å². The molecule has 1 amide bonds. The third-order valence-corrected chi connectivity index (χ3v) is 6.57. The van der Waals surface area contributed by atoms with Crippen LogP contribution in [-0.2, 0) is 22.4 Å². The van der Waals surface area contributed by atoms with Gasteiger partial charge in [-0.3, -0.25) is 19.7 Å². The number of unbranched alkanes of at least 4 members (excludes halogenated alkanes) is 1. The number of carboxylic acids is 2. The van der Waals surface area contributed by atoms with Crippen LogP contribution in [0.2, 0.25) is 0 Å². The van der Waals surface area contributed by atoms with E-state index in [4.69, 9.17) is 10.2 Å². The number of likely N-dealkylation sites (tertiary alicyclic amines) is 1. The van der Waals surface area contributed by atoms with E-state index in [1.54, 1.807) is 12.1 Å². The number of carboxylic acid groups (broad SMARTS) is 2. The third-order valence-electron chi connectivity index (χ3n) is 6.57. The molecule has 1 aliphatic carbocycles. The second-order valence-electron chi connectivity index (χ2n) is 8.99. The summed E-state index contributed by atoms with van der Waals surface area (Å²) < 4.78 is 0. The van der Waals surface area contributed by atoms with Crippen LogP contribution in [0.25, 0.3) is 0 Å². The molecule has 2 heterocycles. The Morgan fingerprint density at radius 2 is 1.74 bits per heavy atom. The van der Waals surface area contributed by atoms with Crippen LogP contribution in [0.3, 0.4) is 0 Å². The van der Waals surface area contributed by atoms with E-state index in [9.17, 15) is 14.4 Å². The first-order valence-electron chi connectivity index (χ1n) is 12.3. The maximum Gasteiger partial charge on any atom is 0.303 e. The van der Waals surface area contributed by atoms with Crippen LogP contribution in [0.1, 0.15) is 67.1 Å². The third kappa shape index (κ3) is 7.85. The van der Waals surface area contributed by atoms with Gasteiger partial charge in [-0.05, 0) is 75.2 Å². The van der Waals surface area contributed by atoms with Crippen molar-refractivity contribution in [1.82, 2.24) is 14.9 Å². The molecule has 188 valence electrons. The molecular formula is C26H34N4O5. The first-order valence-corrected chi connectivity index (χ1v) is 12.3. The Morgan fingerprint density at radius 1 is 1.06 bits per heavy atom. The Kier molecular flexibility index (Phi) is 9.72. The highest BCUT2D eigenvalue weighted by atomic mass is 16.4. The van der Waals surface area contributed by atoms with Crippen molar-refractivity contribution in [2.45, 2.75) is 64.3 Å². The molecule has 1 aromatic heterocycles. The number of nitrogens with zero attached hydrogens (tertiary/aromatic N) is 3. The number of hydrogen-bond donors (Lipinski definition) is 3. The Morgan fingerprint density at radius 3 is 2.37 bits per heavy atom. The topological polar surface area (TPSA) is 133 Å². The molecule has 9 heteroatoms. The monoisotopic (exact) mass is 482 g/mol. The number of anilines is 1. The van der Waals surface area contributed by atoms with Crippen LogP contribution in [0.5, 0.6) is 0 Å². The molecule has 0 spiro atoms. The fourth-order valence-corrected chi connectivity index (χ4v) is 4.78. The molecule has 2 aliphatic rings. The second-order valence-corrected chi connectivity index (χ2v) is 8.99. The summed E-state index contributed by atoms with van der Waals surface area (Å²) >= 11 is 0. The first kappa shape index (κ1) is 26.3. The predicted octanol–water partition coefficient (Wildman–Crippen LogP) is 3.64. The average Bonchev–Trinajstić information content (AvgIpc) is 2.85. The van der Waals surface area contributed by atoms with Gasteiger partial charge in [-0.1, -0.05) is 25.1 Å². The van der Waals surface area contributed by atoms with E-state index in [-0.39, 0.29) is 18.7 Å². The molecule has 3 N–H and O–H groups in total. The van der Waals surface area contributed by atoms with Crippen molar-refractivity contribution < 1.29 is 24.6 Å². The molecule has 0 radical (unpaired) electrons. The number of hydrogen-bond acceptors (Lipinski definition) is 6. The lowest BCUT2D eigenvalue weighted by Crippen LogP contribution is -2.49. The standard InChI is InChI=1S/C20H24N4O.C6H10O4/c1-2-24-10-6-9-15-11-17-16(12-18(15)24)13-21-20(22-17)23-19(25)14-7-4-3-5-8-14;7-5(8)3-1-2-4-6(9)10/h3-5,7-8,13,15,18H,2,6,9-12H2,1H3,(H,21,22,23,25);1-4H2,(H,7,8)(H,9,10)/t15-,18-;/m1./s1. The van der Waals surface area contributed by atoms with Crippen LogP contribution in [0, 0.1) is 5.92 Å². The summed E-state index contributed by atoms with van der Waals surface area (Å²) in [6.45, 7) is 4.57. The molecule has 2 aromatic rings. The SMILES string of the molecule is CCN1CCC[C@@H]2Cc3nc(NC(=O)c4ccccc4)ncc3C[C@H]21.O=C(O)CCCCC(=O)O. The lowest BCUT2D eigenvalue weighted by atomic mass is 9.77. The van der Waals surface area contributed by atoms with Gasteiger partial charge in [0.1, 0.15) is 0 Å². The van der Waals surface area contributed by atoms with Crippen LogP contribution >= 0.6 is 0 Å². The number of carbonyl (C=O) groups is 3. The van der Waals surface area contributed by atoms with Gasteiger partial charge < -0.3 is 15.1 Å². The van der Waals surface area contributed by atoms with Gasteiger partial charge in [0, 0.05) is 36.3 Å². The van der Waals surface area contributed by atoms with Crippen molar-refractivity contribution in [3.8, 4) is 0 Å². The number of fused-ring (bicyclic) bond motifs is 2. The highest BCUT2D eigenvalue weighted by molar-refractivity contribution is 6.03. The molecule has 1 fully saturated rings. The van der Waals surface area contributed by atoms with Gasteiger partial charge in [0.15, 0.2) is 0 Å². The molecule has 1 aliphatic heterocycles. The minimum absolute atomic E-state index is 0.0628. The summed E-state index contributed by atoms with van der Waals surface area (Å²) in [6.07, 6.45) is 7.49. The molecule has 4 rings (SSSR count). The lowest BCUT2D eigenvalue weighted by molar-refractivity contribution is -0.139. The largest absolute Gasteiger partial charge is 0.481 e. The number of amides is 1. The Labute approximate surface area is 205 Å². The zero-order valence-corrected chi connectivity index (χ0v) is 20.2. The number of nitrogens with one attached hydrogen (secondary N) is 1. The number of likely N-dealkylation sites (N-methyl/N-ethyl adjacent to an activating group) is 1. The van der Waals surface area contributed by atoms with Gasteiger partial charge in [-0.15, -0.1) is 0 Å². The number of rotatable bonds is 8. The van der Waals surface area contributed by atoms with Crippen LogP contribution in [-0.4, -0.2) is 62.1 Å². The smallest absolute Gasteiger partial charge is 0.303 e. The maximum atomic E-state index is 12.3.